The number of benzene rings is 1. The molecule has 2 aromatic rings. The first-order chi connectivity index (χ1) is 9.21. The molecule has 0 bridgehead atoms. The van der Waals surface area contributed by atoms with Gasteiger partial charge in [0.05, 0.1) is 15.7 Å². The van der Waals surface area contributed by atoms with E-state index < -0.39 is 17.6 Å². The van der Waals surface area contributed by atoms with Gasteiger partial charge in [-0.1, -0.05) is 34.8 Å². The SMILES string of the molecule is Nc1c(-c2c(Cl)cc(Cl)cc2Cl)ccnc1C(F)(F)F. The van der Waals surface area contributed by atoms with Gasteiger partial charge in [-0.2, -0.15) is 13.2 Å². The molecule has 106 valence electrons. The lowest BCUT2D eigenvalue weighted by molar-refractivity contribution is -0.140. The minimum atomic E-state index is -4.66. The van der Waals surface area contributed by atoms with E-state index >= 15 is 0 Å². The first kappa shape index (κ1) is 15.2. The van der Waals surface area contributed by atoms with Gasteiger partial charge < -0.3 is 5.73 Å². The Kier molecular flexibility index (Phi) is 4.04. The molecule has 0 saturated heterocycles. The average Bonchev–Trinajstić information content (AvgIpc) is 2.28. The predicted molar refractivity (Wildman–Crippen MR) is 74.1 cm³/mol. The molecule has 0 unspecified atom stereocenters. The molecular weight excluding hydrogens is 335 g/mol. The minimum Gasteiger partial charge on any atom is -0.396 e. The summed E-state index contributed by atoms with van der Waals surface area (Å²) in [5, 5.41) is 0.481. The summed E-state index contributed by atoms with van der Waals surface area (Å²) in [6.07, 6.45) is -3.67. The molecule has 0 radical (unpaired) electrons. The van der Waals surface area contributed by atoms with Crippen molar-refractivity contribution in [3.8, 4) is 11.1 Å². The standard InChI is InChI=1S/C12H6Cl3F3N2/c13-5-3-7(14)9(8(15)4-5)6-1-2-20-11(10(6)19)12(16,17)18/h1-4H,19H2. The van der Waals surface area contributed by atoms with Crippen LogP contribution in [0.15, 0.2) is 24.4 Å². The Balaban J connectivity index is 2.72. The predicted octanol–water partition coefficient (Wildman–Crippen LogP) is 5.31. The lowest BCUT2D eigenvalue weighted by Crippen LogP contribution is -2.12. The van der Waals surface area contributed by atoms with Gasteiger partial charge in [-0.3, -0.25) is 0 Å². The van der Waals surface area contributed by atoms with Crippen LogP contribution in [0, 0.1) is 0 Å². The van der Waals surface area contributed by atoms with Crippen LogP contribution in [0.5, 0.6) is 0 Å². The lowest BCUT2D eigenvalue weighted by Gasteiger charge is -2.14. The Morgan fingerprint density at radius 1 is 1.05 bits per heavy atom. The smallest absolute Gasteiger partial charge is 0.396 e. The molecule has 2 nitrogen and oxygen atoms in total. The van der Waals surface area contributed by atoms with Crippen LogP contribution in [0.4, 0.5) is 18.9 Å². The maximum absolute atomic E-state index is 12.8. The molecule has 0 aliphatic rings. The van der Waals surface area contributed by atoms with Crippen molar-refractivity contribution in [2.75, 3.05) is 5.73 Å². The van der Waals surface area contributed by atoms with Crippen molar-refractivity contribution < 1.29 is 13.2 Å². The van der Waals surface area contributed by atoms with Crippen molar-refractivity contribution in [2.24, 2.45) is 0 Å². The Hall–Kier alpha value is -1.17. The zero-order valence-corrected chi connectivity index (χ0v) is 11.9. The zero-order chi connectivity index (χ0) is 15.1. The molecule has 0 spiro atoms. The number of nitrogens with zero attached hydrogens (tertiary/aromatic N) is 1. The molecule has 0 aliphatic carbocycles. The van der Waals surface area contributed by atoms with Crippen LogP contribution in [0.1, 0.15) is 5.69 Å². The summed E-state index contributed by atoms with van der Waals surface area (Å²) >= 11 is 17.7. The van der Waals surface area contributed by atoms with Gasteiger partial charge in [-0.15, -0.1) is 0 Å². The highest BCUT2D eigenvalue weighted by atomic mass is 35.5. The zero-order valence-electron chi connectivity index (χ0n) is 9.60. The van der Waals surface area contributed by atoms with Gasteiger partial charge in [0, 0.05) is 22.3 Å². The second-order valence-electron chi connectivity index (χ2n) is 3.86. The van der Waals surface area contributed by atoms with Crippen LogP contribution in [0.2, 0.25) is 15.1 Å². The summed E-state index contributed by atoms with van der Waals surface area (Å²) in [6, 6.07) is 4.06. The van der Waals surface area contributed by atoms with Gasteiger partial charge in [0.15, 0.2) is 5.69 Å². The average molecular weight is 342 g/mol. The number of pyridine rings is 1. The third kappa shape index (κ3) is 2.80. The number of aromatic nitrogens is 1. The van der Waals surface area contributed by atoms with Crippen molar-refractivity contribution >= 4 is 40.5 Å². The fraction of sp³-hybridized carbons (Fsp3) is 0.0833. The number of hydrogen-bond acceptors (Lipinski definition) is 2. The summed E-state index contributed by atoms with van der Waals surface area (Å²) in [7, 11) is 0. The molecule has 1 aromatic heterocycles. The first-order valence-corrected chi connectivity index (χ1v) is 6.31. The molecule has 0 fully saturated rings. The van der Waals surface area contributed by atoms with E-state index in [0.29, 0.717) is 0 Å². The summed E-state index contributed by atoms with van der Waals surface area (Å²) in [5.74, 6) is 0. The van der Waals surface area contributed by atoms with E-state index in [4.69, 9.17) is 40.5 Å². The molecule has 0 atom stereocenters. The number of nitrogen functional groups attached to an aromatic ring is 1. The van der Waals surface area contributed by atoms with E-state index in [9.17, 15) is 13.2 Å². The quantitative estimate of drug-likeness (QED) is 0.763. The van der Waals surface area contributed by atoms with Crippen molar-refractivity contribution in [3.05, 3.63) is 45.2 Å². The fourth-order valence-corrected chi connectivity index (χ4v) is 2.74. The molecule has 0 saturated carbocycles. The normalized spacial score (nSPS) is 11.7. The summed E-state index contributed by atoms with van der Waals surface area (Å²) < 4.78 is 38.3. The van der Waals surface area contributed by atoms with E-state index in [1.54, 1.807) is 0 Å². The van der Waals surface area contributed by atoms with E-state index in [2.05, 4.69) is 4.98 Å². The first-order valence-electron chi connectivity index (χ1n) is 5.18. The van der Waals surface area contributed by atoms with Crippen LogP contribution in [-0.4, -0.2) is 4.98 Å². The largest absolute Gasteiger partial charge is 0.435 e. The number of rotatable bonds is 1. The number of hydrogen-bond donors (Lipinski definition) is 1. The highest BCUT2D eigenvalue weighted by Crippen LogP contribution is 2.42. The van der Waals surface area contributed by atoms with E-state index in [0.717, 1.165) is 6.20 Å². The number of nitrogens with two attached hydrogens (primary N) is 1. The molecule has 0 aliphatic heterocycles. The van der Waals surface area contributed by atoms with Crippen LogP contribution < -0.4 is 5.73 Å². The second-order valence-corrected chi connectivity index (χ2v) is 5.11. The Labute approximate surface area is 127 Å². The molecule has 20 heavy (non-hydrogen) atoms. The molecule has 1 aromatic carbocycles. The van der Waals surface area contributed by atoms with Crippen LogP contribution >= 0.6 is 34.8 Å². The number of anilines is 1. The molecule has 8 heteroatoms. The van der Waals surface area contributed by atoms with Crippen LogP contribution in [-0.2, 0) is 6.18 Å². The minimum absolute atomic E-state index is 0.0546. The third-order valence-corrected chi connectivity index (χ3v) is 3.35. The monoisotopic (exact) mass is 340 g/mol. The number of alkyl halides is 3. The van der Waals surface area contributed by atoms with Gasteiger partial charge >= 0.3 is 6.18 Å². The number of halogens is 6. The fourth-order valence-electron chi connectivity index (χ4n) is 1.72. The third-order valence-electron chi connectivity index (χ3n) is 2.53. The van der Waals surface area contributed by atoms with Crippen molar-refractivity contribution in [1.29, 1.82) is 0 Å². The Morgan fingerprint density at radius 2 is 1.60 bits per heavy atom. The van der Waals surface area contributed by atoms with Gasteiger partial charge in [-0.05, 0) is 18.2 Å². The van der Waals surface area contributed by atoms with Gasteiger partial charge in [0.2, 0.25) is 0 Å². The highest BCUT2D eigenvalue weighted by Gasteiger charge is 2.36. The van der Waals surface area contributed by atoms with Crippen molar-refractivity contribution in [2.45, 2.75) is 6.18 Å². The summed E-state index contributed by atoms with van der Waals surface area (Å²) in [5.41, 5.74) is 4.06. The Morgan fingerprint density at radius 3 is 2.10 bits per heavy atom. The molecule has 2 rings (SSSR count). The van der Waals surface area contributed by atoms with Gasteiger partial charge in [0.1, 0.15) is 0 Å². The van der Waals surface area contributed by atoms with Crippen molar-refractivity contribution in [3.63, 3.8) is 0 Å². The summed E-state index contributed by atoms with van der Waals surface area (Å²) in [6.45, 7) is 0. The maximum Gasteiger partial charge on any atom is 0.435 e. The van der Waals surface area contributed by atoms with Crippen LogP contribution in [0.3, 0.4) is 0 Å². The maximum atomic E-state index is 12.8. The topological polar surface area (TPSA) is 38.9 Å². The Bertz CT molecular complexity index is 648. The van der Waals surface area contributed by atoms with Crippen molar-refractivity contribution in [1.82, 2.24) is 4.98 Å². The van der Waals surface area contributed by atoms with Crippen LogP contribution in [0.25, 0.3) is 11.1 Å². The molecular formula is C12H6Cl3F3N2. The summed E-state index contributed by atoms with van der Waals surface area (Å²) in [4.78, 5) is 3.25. The lowest BCUT2D eigenvalue weighted by atomic mass is 10.0. The van der Waals surface area contributed by atoms with E-state index in [1.807, 2.05) is 0 Å². The molecule has 2 N–H and O–H groups in total. The highest BCUT2D eigenvalue weighted by molar-refractivity contribution is 6.42. The van der Waals surface area contributed by atoms with E-state index in [-0.39, 0.29) is 26.2 Å². The molecule has 0 amide bonds. The van der Waals surface area contributed by atoms with E-state index in [1.165, 1.54) is 18.2 Å². The van der Waals surface area contributed by atoms with Gasteiger partial charge in [-0.25, -0.2) is 4.98 Å². The molecule has 1 heterocycles. The second kappa shape index (κ2) is 5.31. The van der Waals surface area contributed by atoms with Gasteiger partial charge in [0.25, 0.3) is 0 Å².